The van der Waals surface area contributed by atoms with Gasteiger partial charge in [0.1, 0.15) is 11.5 Å². The van der Waals surface area contributed by atoms with E-state index in [1.807, 2.05) is 19.9 Å². The Bertz CT molecular complexity index is 293. The second kappa shape index (κ2) is 4.85. The smallest absolute Gasteiger partial charge is 0.105 e. The van der Waals surface area contributed by atoms with Gasteiger partial charge >= 0.3 is 0 Å². The Balaban J connectivity index is 2.60. The molecule has 80 valence electrons. The Hall–Kier alpha value is -0.470. The van der Waals surface area contributed by atoms with Crippen molar-refractivity contribution in [2.24, 2.45) is 0 Å². The van der Waals surface area contributed by atoms with Gasteiger partial charge in [0, 0.05) is 5.56 Å². The molecule has 14 heavy (non-hydrogen) atoms. The molecule has 2 nitrogen and oxygen atoms in total. The van der Waals surface area contributed by atoms with Crippen molar-refractivity contribution in [2.45, 2.75) is 25.6 Å². The number of rotatable bonds is 4. The lowest BCUT2D eigenvalue weighted by Gasteiger charge is -2.12. The average Bonchev–Trinajstić information content (AvgIpc) is 2.41. The highest BCUT2D eigenvalue weighted by Crippen LogP contribution is 2.29. The second-order valence-electron chi connectivity index (χ2n) is 3.93. The maximum absolute atomic E-state index is 6.28. The van der Waals surface area contributed by atoms with Crippen molar-refractivity contribution in [3.05, 3.63) is 23.2 Å². The highest BCUT2D eigenvalue weighted by molar-refractivity contribution is 6.20. The first-order valence-electron chi connectivity index (χ1n) is 4.86. The molecule has 0 saturated carbocycles. The minimum atomic E-state index is 0.0647. The van der Waals surface area contributed by atoms with Crippen LogP contribution in [0.25, 0.3) is 0 Å². The molecule has 1 atom stereocenters. The standard InChI is InChI=1S/C11H18ClNO/c1-8-7-10(9(2)14-8)11(12)5-6-13(3)4/h7,11H,5-6H2,1-4H3. The molecule has 0 aliphatic carbocycles. The highest BCUT2D eigenvalue weighted by Gasteiger charge is 2.14. The number of hydrogen-bond donors (Lipinski definition) is 0. The number of halogens is 1. The van der Waals surface area contributed by atoms with Gasteiger partial charge in [-0.2, -0.15) is 0 Å². The van der Waals surface area contributed by atoms with E-state index in [-0.39, 0.29) is 5.38 Å². The Morgan fingerprint density at radius 2 is 2.07 bits per heavy atom. The van der Waals surface area contributed by atoms with Gasteiger partial charge < -0.3 is 9.32 Å². The van der Waals surface area contributed by atoms with Crippen molar-refractivity contribution in [1.82, 2.24) is 4.90 Å². The molecule has 0 saturated heterocycles. The fourth-order valence-corrected chi connectivity index (χ4v) is 1.80. The van der Waals surface area contributed by atoms with Crippen molar-refractivity contribution in [3.8, 4) is 0 Å². The quantitative estimate of drug-likeness (QED) is 0.718. The largest absolute Gasteiger partial charge is 0.466 e. The van der Waals surface area contributed by atoms with Crippen LogP contribution in [-0.4, -0.2) is 25.5 Å². The van der Waals surface area contributed by atoms with E-state index in [2.05, 4.69) is 19.0 Å². The summed E-state index contributed by atoms with van der Waals surface area (Å²) in [6.45, 7) is 4.91. The fraction of sp³-hybridized carbons (Fsp3) is 0.636. The SMILES string of the molecule is Cc1cc(C(Cl)CCN(C)C)c(C)o1. The van der Waals surface area contributed by atoms with Crippen molar-refractivity contribution in [1.29, 1.82) is 0 Å². The minimum absolute atomic E-state index is 0.0647. The number of aryl methyl sites for hydroxylation is 2. The molecule has 1 unspecified atom stereocenters. The first-order valence-corrected chi connectivity index (χ1v) is 5.30. The Morgan fingerprint density at radius 1 is 1.43 bits per heavy atom. The molecule has 0 aliphatic heterocycles. The third kappa shape index (κ3) is 3.03. The lowest BCUT2D eigenvalue weighted by molar-refractivity contribution is 0.396. The molecule has 0 fully saturated rings. The molecule has 1 aromatic rings. The summed E-state index contributed by atoms with van der Waals surface area (Å²) in [6, 6.07) is 2.03. The lowest BCUT2D eigenvalue weighted by Crippen LogP contribution is -2.14. The summed E-state index contributed by atoms with van der Waals surface area (Å²) in [4.78, 5) is 2.14. The van der Waals surface area contributed by atoms with Crippen LogP contribution < -0.4 is 0 Å². The van der Waals surface area contributed by atoms with Crippen molar-refractivity contribution in [3.63, 3.8) is 0 Å². The Labute approximate surface area is 90.8 Å². The summed E-state index contributed by atoms with van der Waals surface area (Å²) in [7, 11) is 4.11. The zero-order chi connectivity index (χ0) is 10.7. The number of hydrogen-bond acceptors (Lipinski definition) is 2. The van der Waals surface area contributed by atoms with E-state index in [0.29, 0.717) is 0 Å². The monoisotopic (exact) mass is 215 g/mol. The molecule has 0 amide bonds. The van der Waals surface area contributed by atoms with Gasteiger partial charge in [-0.3, -0.25) is 0 Å². The molecule has 0 bridgehead atoms. The molecule has 3 heteroatoms. The van der Waals surface area contributed by atoms with Crippen LogP contribution >= 0.6 is 11.6 Å². The zero-order valence-electron chi connectivity index (χ0n) is 9.30. The topological polar surface area (TPSA) is 16.4 Å². The lowest BCUT2D eigenvalue weighted by atomic mass is 10.1. The first-order chi connectivity index (χ1) is 6.50. The van der Waals surface area contributed by atoms with E-state index in [9.17, 15) is 0 Å². The number of alkyl halides is 1. The second-order valence-corrected chi connectivity index (χ2v) is 4.45. The molecule has 0 N–H and O–H groups in total. The van der Waals surface area contributed by atoms with Gasteiger partial charge in [0.15, 0.2) is 0 Å². The van der Waals surface area contributed by atoms with E-state index in [4.69, 9.17) is 16.0 Å². The van der Waals surface area contributed by atoms with Crippen LogP contribution in [0.3, 0.4) is 0 Å². The fourth-order valence-electron chi connectivity index (χ4n) is 1.49. The van der Waals surface area contributed by atoms with Crippen LogP contribution in [0.15, 0.2) is 10.5 Å². The maximum Gasteiger partial charge on any atom is 0.105 e. The first kappa shape index (κ1) is 11.6. The number of furan rings is 1. The third-order valence-electron chi connectivity index (χ3n) is 2.25. The third-order valence-corrected chi connectivity index (χ3v) is 2.70. The molecule has 1 heterocycles. The van der Waals surface area contributed by atoms with Gasteiger partial charge in [0.25, 0.3) is 0 Å². The summed E-state index contributed by atoms with van der Waals surface area (Å²) in [5.74, 6) is 1.88. The van der Waals surface area contributed by atoms with Crippen LogP contribution in [0, 0.1) is 13.8 Å². The Morgan fingerprint density at radius 3 is 2.50 bits per heavy atom. The molecule has 0 aromatic carbocycles. The van der Waals surface area contributed by atoms with Gasteiger partial charge in [-0.25, -0.2) is 0 Å². The molecule has 0 aliphatic rings. The van der Waals surface area contributed by atoms with E-state index >= 15 is 0 Å². The molecule has 1 aromatic heterocycles. The van der Waals surface area contributed by atoms with Gasteiger partial charge in [-0.1, -0.05) is 0 Å². The van der Waals surface area contributed by atoms with Crippen molar-refractivity contribution in [2.75, 3.05) is 20.6 Å². The van der Waals surface area contributed by atoms with Gasteiger partial charge in [0.05, 0.1) is 5.38 Å². The van der Waals surface area contributed by atoms with Crippen LogP contribution in [0.4, 0.5) is 0 Å². The van der Waals surface area contributed by atoms with E-state index < -0.39 is 0 Å². The molecule has 0 radical (unpaired) electrons. The van der Waals surface area contributed by atoms with Crippen LogP contribution in [0.5, 0.6) is 0 Å². The normalized spacial score (nSPS) is 13.6. The predicted molar refractivity (Wildman–Crippen MR) is 59.9 cm³/mol. The summed E-state index contributed by atoms with van der Waals surface area (Å²) in [5.41, 5.74) is 1.13. The van der Waals surface area contributed by atoms with Gasteiger partial charge in [-0.05, 0) is 47.0 Å². The molecule has 1 rings (SSSR count). The Kier molecular flexibility index (Phi) is 4.02. The minimum Gasteiger partial charge on any atom is -0.466 e. The summed E-state index contributed by atoms with van der Waals surface area (Å²) >= 11 is 6.28. The molecular weight excluding hydrogens is 198 g/mol. The van der Waals surface area contributed by atoms with E-state index in [1.165, 1.54) is 0 Å². The number of nitrogens with zero attached hydrogens (tertiary/aromatic N) is 1. The van der Waals surface area contributed by atoms with E-state index in [1.54, 1.807) is 0 Å². The summed E-state index contributed by atoms with van der Waals surface area (Å²) in [5, 5.41) is 0.0647. The van der Waals surface area contributed by atoms with Crippen molar-refractivity contribution >= 4 is 11.6 Å². The van der Waals surface area contributed by atoms with Crippen LogP contribution in [0.2, 0.25) is 0 Å². The predicted octanol–water partition coefficient (Wildman–Crippen LogP) is 3.13. The van der Waals surface area contributed by atoms with Crippen LogP contribution in [0.1, 0.15) is 28.9 Å². The molecule has 0 spiro atoms. The van der Waals surface area contributed by atoms with Crippen molar-refractivity contribution < 1.29 is 4.42 Å². The zero-order valence-corrected chi connectivity index (χ0v) is 10.1. The van der Waals surface area contributed by atoms with Crippen LogP contribution in [-0.2, 0) is 0 Å². The maximum atomic E-state index is 6.28. The highest BCUT2D eigenvalue weighted by atomic mass is 35.5. The molecular formula is C11H18ClNO. The summed E-state index contributed by atoms with van der Waals surface area (Å²) < 4.78 is 5.44. The van der Waals surface area contributed by atoms with Gasteiger partial charge in [0.2, 0.25) is 0 Å². The van der Waals surface area contributed by atoms with E-state index in [0.717, 1.165) is 30.0 Å². The average molecular weight is 216 g/mol. The summed E-state index contributed by atoms with van der Waals surface area (Å²) in [6.07, 6.45) is 0.953. The van der Waals surface area contributed by atoms with Gasteiger partial charge in [-0.15, -0.1) is 11.6 Å².